The van der Waals surface area contributed by atoms with Gasteiger partial charge in [-0.3, -0.25) is 9.59 Å². The molecule has 0 aliphatic carbocycles. The van der Waals surface area contributed by atoms with E-state index in [1.807, 2.05) is 0 Å². The molecule has 0 heterocycles. The van der Waals surface area contributed by atoms with Crippen molar-refractivity contribution >= 4 is 11.6 Å². The second-order valence-corrected chi connectivity index (χ2v) is 5.10. The minimum absolute atomic E-state index is 0.0446. The van der Waals surface area contributed by atoms with E-state index in [4.69, 9.17) is 0 Å². The van der Waals surface area contributed by atoms with Crippen molar-refractivity contribution < 1.29 is 30.0 Å². The van der Waals surface area contributed by atoms with E-state index in [0.717, 1.165) is 12.1 Å². The van der Waals surface area contributed by atoms with Crippen molar-refractivity contribution in [1.82, 2.24) is 0 Å². The average Bonchev–Trinajstić information content (AvgIpc) is 2.46. The predicted molar refractivity (Wildman–Crippen MR) is 82.1 cm³/mol. The van der Waals surface area contributed by atoms with Crippen LogP contribution in [0.1, 0.15) is 40.0 Å². The molecule has 0 aliphatic heterocycles. The smallest absolute Gasteiger partial charge is 0.166 e. The van der Waals surface area contributed by atoms with Gasteiger partial charge in [0.05, 0.1) is 11.1 Å². The highest BCUT2D eigenvalue weighted by Crippen LogP contribution is 2.26. The van der Waals surface area contributed by atoms with Crippen LogP contribution in [0.15, 0.2) is 36.4 Å². The van der Waals surface area contributed by atoms with Crippen LogP contribution in [0.25, 0.3) is 0 Å². The first-order valence-electron chi connectivity index (χ1n) is 6.99. The normalized spacial score (nSPS) is 10.4. The summed E-state index contributed by atoms with van der Waals surface area (Å²) in [6, 6.07) is 7.39. The summed E-state index contributed by atoms with van der Waals surface area (Å²) in [4.78, 5) is 23.9. The van der Waals surface area contributed by atoms with Crippen LogP contribution in [-0.2, 0) is 0 Å². The monoisotopic (exact) mass is 316 g/mol. The Morgan fingerprint density at radius 2 is 1.09 bits per heavy atom. The largest absolute Gasteiger partial charge is 0.508 e. The Bertz CT molecular complexity index is 687. The summed E-state index contributed by atoms with van der Waals surface area (Å²) in [5.74, 6) is -1.58. The van der Waals surface area contributed by atoms with Crippen LogP contribution in [0, 0.1) is 0 Å². The highest BCUT2D eigenvalue weighted by molar-refractivity contribution is 6.00. The van der Waals surface area contributed by atoms with Crippen molar-refractivity contribution in [2.24, 2.45) is 0 Å². The number of Topliss-reactive ketones (excluding diaryl/α,β-unsaturated/α-hetero) is 2. The fourth-order valence-electron chi connectivity index (χ4n) is 2.19. The number of phenolic OH excluding ortho intramolecular Hbond substituents is 4. The van der Waals surface area contributed by atoms with E-state index in [1.165, 1.54) is 24.3 Å². The third-order valence-corrected chi connectivity index (χ3v) is 3.37. The zero-order chi connectivity index (χ0) is 17.0. The van der Waals surface area contributed by atoms with Crippen LogP contribution in [0.4, 0.5) is 0 Å². The fourth-order valence-corrected chi connectivity index (χ4v) is 2.19. The van der Waals surface area contributed by atoms with Gasteiger partial charge in [0, 0.05) is 25.0 Å². The first kappa shape index (κ1) is 16.4. The van der Waals surface area contributed by atoms with E-state index in [9.17, 15) is 30.0 Å². The van der Waals surface area contributed by atoms with Crippen LogP contribution >= 0.6 is 0 Å². The maximum Gasteiger partial charge on any atom is 0.166 e. The SMILES string of the molecule is O=C(CCCC(=O)c1ccc(O)cc1O)c1ccc(O)cc1O. The molecule has 0 bridgehead atoms. The summed E-state index contributed by atoms with van der Waals surface area (Å²) in [7, 11) is 0. The molecule has 0 fully saturated rings. The second-order valence-electron chi connectivity index (χ2n) is 5.10. The van der Waals surface area contributed by atoms with Gasteiger partial charge in [-0.05, 0) is 30.7 Å². The standard InChI is InChI=1S/C17H16O6/c18-10-4-6-12(16(22)8-10)14(20)2-1-3-15(21)13-7-5-11(19)9-17(13)23/h4-9,18-19,22-23H,1-3H2. The number of benzene rings is 2. The Labute approximate surface area is 132 Å². The number of hydrogen-bond acceptors (Lipinski definition) is 6. The lowest BCUT2D eigenvalue weighted by Crippen LogP contribution is -2.03. The molecular formula is C17H16O6. The van der Waals surface area contributed by atoms with Gasteiger partial charge in [-0.2, -0.15) is 0 Å². The molecule has 0 aliphatic rings. The number of carbonyl (C=O) groups excluding carboxylic acids is 2. The van der Waals surface area contributed by atoms with Crippen molar-refractivity contribution in [3.05, 3.63) is 47.5 Å². The maximum absolute atomic E-state index is 12.0. The molecular weight excluding hydrogens is 300 g/mol. The minimum atomic E-state index is -0.342. The van der Waals surface area contributed by atoms with Crippen LogP contribution in [0.2, 0.25) is 0 Å². The van der Waals surface area contributed by atoms with Crippen LogP contribution in [0.5, 0.6) is 23.0 Å². The van der Waals surface area contributed by atoms with Crippen molar-refractivity contribution in [2.75, 3.05) is 0 Å². The Balaban J connectivity index is 1.94. The third kappa shape index (κ3) is 4.00. The first-order valence-corrected chi connectivity index (χ1v) is 6.99. The third-order valence-electron chi connectivity index (χ3n) is 3.37. The summed E-state index contributed by atoms with van der Waals surface area (Å²) in [6.07, 6.45) is 0.337. The summed E-state index contributed by atoms with van der Waals surface area (Å²) in [5.41, 5.74) is 0.172. The van der Waals surface area contributed by atoms with Crippen molar-refractivity contribution in [2.45, 2.75) is 19.3 Å². The van der Waals surface area contributed by atoms with Crippen molar-refractivity contribution in [3.63, 3.8) is 0 Å². The lowest BCUT2D eigenvalue weighted by atomic mass is 10.0. The molecule has 0 spiro atoms. The molecule has 4 N–H and O–H groups in total. The highest BCUT2D eigenvalue weighted by Gasteiger charge is 2.15. The number of hydrogen-bond donors (Lipinski definition) is 4. The molecule has 2 aromatic rings. The van der Waals surface area contributed by atoms with E-state index in [-0.39, 0.29) is 65.0 Å². The van der Waals surface area contributed by atoms with E-state index in [0.29, 0.717) is 0 Å². The van der Waals surface area contributed by atoms with Gasteiger partial charge in [0.25, 0.3) is 0 Å². The van der Waals surface area contributed by atoms with Gasteiger partial charge >= 0.3 is 0 Å². The average molecular weight is 316 g/mol. The molecule has 0 amide bonds. The number of rotatable bonds is 6. The summed E-state index contributed by atoms with van der Waals surface area (Å²) in [6.45, 7) is 0. The van der Waals surface area contributed by atoms with Gasteiger partial charge in [-0.15, -0.1) is 0 Å². The lowest BCUT2D eigenvalue weighted by molar-refractivity contribution is 0.0955. The Morgan fingerprint density at radius 1 is 0.696 bits per heavy atom. The van der Waals surface area contributed by atoms with Gasteiger partial charge in [0.15, 0.2) is 11.6 Å². The minimum Gasteiger partial charge on any atom is -0.508 e. The van der Waals surface area contributed by atoms with E-state index >= 15 is 0 Å². The molecule has 0 unspecified atom stereocenters. The van der Waals surface area contributed by atoms with Gasteiger partial charge in [0.2, 0.25) is 0 Å². The molecule has 0 radical (unpaired) electrons. The molecule has 6 heteroatoms. The Hall–Kier alpha value is -3.02. The van der Waals surface area contributed by atoms with Gasteiger partial charge in [-0.25, -0.2) is 0 Å². The Morgan fingerprint density at radius 3 is 1.43 bits per heavy atom. The summed E-state index contributed by atoms with van der Waals surface area (Å²) >= 11 is 0. The molecule has 2 rings (SSSR count). The topological polar surface area (TPSA) is 115 Å². The van der Waals surface area contributed by atoms with E-state index in [1.54, 1.807) is 0 Å². The predicted octanol–water partition coefficient (Wildman–Crippen LogP) is 2.74. The number of phenols is 4. The van der Waals surface area contributed by atoms with Crippen molar-refractivity contribution in [3.8, 4) is 23.0 Å². The van der Waals surface area contributed by atoms with Gasteiger partial charge in [0.1, 0.15) is 23.0 Å². The van der Waals surface area contributed by atoms with Crippen molar-refractivity contribution in [1.29, 1.82) is 0 Å². The molecule has 6 nitrogen and oxygen atoms in total. The molecule has 0 aromatic heterocycles. The highest BCUT2D eigenvalue weighted by atomic mass is 16.3. The van der Waals surface area contributed by atoms with Crippen LogP contribution in [-0.4, -0.2) is 32.0 Å². The number of carbonyl (C=O) groups is 2. The van der Waals surface area contributed by atoms with Crippen LogP contribution < -0.4 is 0 Å². The molecule has 23 heavy (non-hydrogen) atoms. The lowest BCUT2D eigenvalue weighted by Gasteiger charge is -2.06. The zero-order valence-electron chi connectivity index (χ0n) is 12.2. The molecule has 0 saturated carbocycles. The van der Waals surface area contributed by atoms with Gasteiger partial charge in [-0.1, -0.05) is 0 Å². The summed E-state index contributed by atoms with van der Waals surface area (Å²) in [5, 5.41) is 37.6. The number of ketones is 2. The Kier molecular flexibility index (Phi) is 4.85. The van der Waals surface area contributed by atoms with Gasteiger partial charge < -0.3 is 20.4 Å². The van der Waals surface area contributed by atoms with E-state index < -0.39 is 0 Å². The number of aromatic hydroxyl groups is 4. The first-order chi connectivity index (χ1) is 10.9. The quantitative estimate of drug-likeness (QED) is 0.609. The fraction of sp³-hybridized carbons (Fsp3) is 0.176. The molecule has 0 saturated heterocycles. The molecule has 2 aromatic carbocycles. The molecule has 120 valence electrons. The maximum atomic E-state index is 12.0. The van der Waals surface area contributed by atoms with E-state index in [2.05, 4.69) is 0 Å². The molecule has 0 atom stereocenters. The van der Waals surface area contributed by atoms with Crippen LogP contribution in [0.3, 0.4) is 0 Å². The second kappa shape index (κ2) is 6.83. The zero-order valence-corrected chi connectivity index (χ0v) is 12.2. The summed E-state index contributed by atoms with van der Waals surface area (Å²) < 4.78 is 0.